The van der Waals surface area contributed by atoms with Gasteiger partial charge in [-0.1, -0.05) is 17.4 Å². The van der Waals surface area contributed by atoms with Gasteiger partial charge in [0.1, 0.15) is 11.1 Å². The van der Waals surface area contributed by atoms with Gasteiger partial charge in [-0.3, -0.25) is 0 Å². The van der Waals surface area contributed by atoms with Crippen molar-refractivity contribution >= 4 is 22.9 Å². The third kappa shape index (κ3) is 1.53. The highest BCUT2D eigenvalue weighted by atomic mass is 32.1. The predicted octanol–water partition coefficient (Wildman–Crippen LogP) is -0.374. The molecule has 0 spiro atoms. The zero-order chi connectivity index (χ0) is 6.57. The smallest absolute Gasteiger partial charge is 0.213 e. The van der Waals surface area contributed by atoms with E-state index in [2.05, 4.69) is 17.4 Å². The lowest BCUT2D eigenvalue weighted by Gasteiger charge is -1.83. The van der Waals surface area contributed by atoms with E-state index in [0.29, 0.717) is 0 Å². The Kier molecular flexibility index (Phi) is 2.51. The van der Waals surface area contributed by atoms with Crippen molar-refractivity contribution in [2.24, 2.45) is 10.9 Å². The molecular weight excluding hydrogens is 126 g/mol. The first-order chi connectivity index (χ1) is 3.72. The summed E-state index contributed by atoms with van der Waals surface area (Å²) in [5.41, 5.74) is 4.56. The summed E-state index contributed by atoms with van der Waals surface area (Å²) in [6, 6.07) is 1.48. The molecule has 0 saturated heterocycles. The fraction of sp³-hybridized carbons (Fsp3) is 0. The van der Waals surface area contributed by atoms with Crippen molar-refractivity contribution in [2.75, 3.05) is 0 Å². The molecular formula is C3H3N3OS. The standard InChI is InChI=1S/C3H3N3OS/c4-1-2(6-7)3(5)8/h7H,(H2,5,8)/b6-2+. The molecule has 3 N–H and O–H groups in total. The second-order valence-corrected chi connectivity index (χ2v) is 1.36. The fourth-order valence-corrected chi connectivity index (χ4v) is 0.213. The Morgan fingerprint density at radius 2 is 2.38 bits per heavy atom. The minimum atomic E-state index is -0.319. The van der Waals surface area contributed by atoms with Crippen molar-refractivity contribution in [3.8, 4) is 6.07 Å². The molecule has 0 aromatic rings. The number of nitriles is 1. The Hall–Kier alpha value is -1.15. The molecule has 0 bridgehead atoms. The van der Waals surface area contributed by atoms with E-state index in [1.807, 2.05) is 0 Å². The van der Waals surface area contributed by atoms with Gasteiger partial charge in [-0.15, -0.1) is 0 Å². The molecule has 0 radical (unpaired) electrons. The number of thiocarbonyl (C=S) groups is 1. The van der Waals surface area contributed by atoms with Gasteiger partial charge in [0.15, 0.2) is 0 Å². The van der Waals surface area contributed by atoms with Crippen LogP contribution in [-0.2, 0) is 0 Å². The van der Waals surface area contributed by atoms with Gasteiger partial charge in [0, 0.05) is 0 Å². The third-order valence-corrected chi connectivity index (χ3v) is 0.633. The van der Waals surface area contributed by atoms with Crippen LogP contribution in [0.5, 0.6) is 0 Å². The van der Waals surface area contributed by atoms with E-state index in [0.717, 1.165) is 0 Å². The molecule has 0 aliphatic rings. The lowest BCUT2D eigenvalue weighted by molar-refractivity contribution is 0.321. The molecule has 0 heterocycles. The Morgan fingerprint density at radius 1 is 1.88 bits per heavy atom. The number of nitrogens with two attached hydrogens (primary N) is 1. The largest absolute Gasteiger partial charge is 0.410 e. The first-order valence-corrected chi connectivity index (χ1v) is 2.05. The Labute approximate surface area is 51.2 Å². The summed E-state index contributed by atoms with van der Waals surface area (Å²) >= 11 is 4.28. The molecule has 0 aliphatic carbocycles. The molecule has 0 aromatic carbocycles. The zero-order valence-corrected chi connectivity index (χ0v) is 4.64. The van der Waals surface area contributed by atoms with Crippen LogP contribution in [0, 0.1) is 11.3 Å². The van der Waals surface area contributed by atoms with E-state index >= 15 is 0 Å². The van der Waals surface area contributed by atoms with Crippen LogP contribution in [0.4, 0.5) is 0 Å². The molecule has 0 unspecified atom stereocenters. The summed E-state index contributed by atoms with van der Waals surface area (Å²) in [5.74, 6) is 0. The molecule has 0 amide bonds. The van der Waals surface area contributed by atoms with E-state index in [9.17, 15) is 0 Å². The van der Waals surface area contributed by atoms with Crippen molar-refractivity contribution in [3.05, 3.63) is 0 Å². The van der Waals surface area contributed by atoms with Gasteiger partial charge in [-0.05, 0) is 0 Å². The lowest BCUT2D eigenvalue weighted by Crippen LogP contribution is -2.18. The van der Waals surface area contributed by atoms with Gasteiger partial charge < -0.3 is 10.9 Å². The van der Waals surface area contributed by atoms with Crippen LogP contribution >= 0.6 is 12.2 Å². The highest BCUT2D eigenvalue weighted by Crippen LogP contribution is 1.72. The molecule has 0 atom stereocenters. The van der Waals surface area contributed by atoms with E-state index in [1.54, 1.807) is 0 Å². The minimum absolute atomic E-state index is 0.199. The Morgan fingerprint density at radius 3 is 2.38 bits per heavy atom. The van der Waals surface area contributed by atoms with E-state index in [1.165, 1.54) is 6.07 Å². The molecule has 0 saturated carbocycles. The molecule has 0 rings (SSSR count). The summed E-state index contributed by atoms with van der Waals surface area (Å²) in [7, 11) is 0. The van der Waals surface area contributed by atoms with Crippen molar-refractivity contribution in [2.45, 2.75) is 0 Å². The monoisotopic (exact) mass is 129 g/mol. The van der Waals surface area contributed by atoms with Crippen molar-refractivity contribution in [1.29, 1.82) is 5.26 Å². The summed E-state index contributed by atoms with van der Waals surface area (Å²) in [5, 5.41) is 18.4. The first kappa shape index (κ1) is 6.85. The Balaban J connectivity index is 4.20. The number of hydrogen-bond donors (Lipinski definition) is 2. The minimum Gasteiger partial charge on any atom is -0.410 e. The Bertz CT molecular complexity index is 168. The van der Waals surface area contributed by atoms with Gasteiger partial charge in [0.25, 0.3) is 0 Å². The number of oxime groups is 1. The number of rotatable bonds is 1. The van der Waals surface area contributed by atoms with Gasteiger partial charge in [-0.2, -0.15) is 5.26 Å². The average Bonchev–Trinajstić information content (AvgIpc) is 1.69. The van der Waals surface area contributed by atoms with Crippen LogP contribution in [0.2, 0.25) is 0 Å². The quantitative estimate of drug-likeness (QED) is 0.219. The van der Waals surface area contributed by atoms with Crippen molar-refractivity contribution < 1.29 is 5.21 Å². The van der Waals surface area contributed by atoms with Crippen molar-refractivity contribution in [1.82, 2.24) is 0 Å². The average molecular weight is 129 g/mol. The second kappa shape index (κ2) is 2.93. The highest BCUT2D eigenvalue weighted by molar-refractivity contribution is 7.82. The topological polar surface area (TPSA) is 82.4 Å². The summed E-state index contributed by atoms with van der Waals surface area (Å²) in [6.07, 6.45) is 0. The van der Waals surface area contributed by atoms with Gasteiger partial charge in [0.05, 0.1) is 0 Å². The zero-order valence-electron chi connectivity index (χ0n) is 3.83. The van der Waals surface area contributed by atoms with E-state index in [-0.39, 0.29) is 10.7 Å². The van der Waals surface area contributed by atoms with Gasteiger partial charge in [-0.25, -0.2) is 0 Å². The molecule has 4 nitrogen and oxygen atoms in total. The maximum atomic E-state index is 7.99. The van der Waals surface area contributed by atoms with E-state index < -0.39 is 0 Å². The van der Waals surface area contributed by atoms with Crippen LogP contribution < -0.4 is 5.73 Å². The summed E-state index contributed by atoms with van der Waals surface area (Å²) in [4.78, 5) is -0.199. The van der Waals surface area contributed by atoms with Crippen molar-refractivity contribution in [3.63, 3.8) is 0 Å². The van der Waals surface area contributed by atoms with Gasteiger partial charge >= 0.3 is 0 Å². The third-order valence-electron chi connectivity index (χ3n) is 0.439. The maximum Gasteiger partial charge on any atom is 0.213 e. The number of hydrogen-bond acceptors (Lipinski definition) is 4. The number of nitrogens with zero attached hydrogens (tertiary/aromatic N) is 2. The van der Waals surface area contributed by atoms with Gasteiger partial charge in [0.2, 0.25) is 5.71 Å². The highest BCUT2D eigenvalue weighted by Gasteiger charge is 1.97. The summed E-state index contributed by atoms with van der Waals surface area (Å²) in [6.45, 7) is 0. The predicted molar refractivity (Wildman–Crippen MR) is 31.6 cm³/mol. The first-order valence-electron chi connectivity index (χ1n) is 1.64. The fourth-order valence-electron chi connectivity index (χ4n) is 0.127. The van der Waals surface area contributed by atoms with Crippen LogP contribution in [0.15, 0.2) is 5.16 Å². The van der Waals surface area contributed by atoms with Crippen LogP contribution in [0.1, 0.15) is 0 Å². The molecule has 0 fully saturated rings. The molecule has 5 heteroatoms. The molecule has 42 valence electrons. The maximum absolute atomic E-state index is 7.99. The van der Waals surface area contributed by atoms with Crippen LogP contribution in [-0.4, -0.2) is 15.9 Å². The lowest BCUT2D eigenvalue weighted by atomic mass is 10.4. The van der Waals surface area contributed by atoms with Crippen LogP contribution in [0.3, 0.4) is 0 Å². The summed E-state index contributed by atoms with van der Waals surface area (Å²) < 4.78 is 0. The molecule has 0 aromatic heterocycles. The molecule has 8 heavy (non-hydrogen) atoms. The van der Waals surface area contributed by atoms with Crippen LogP contribution in [0.25, 0.3) is 0 Å². The SMILES string of the molecule is N#C/C(=N\O)C(N)=S. The normalized spacial score (nSPS) is 10.1. The van der Waals surface area contributed by atoms with E-state index in [4.69, 9.17) is 16.2 Å². The second-order valence-electron chi connectivity index (χ2n) is 0.925. The molecule has 0 aliphatic heterocycles.